The van der Waals surface area contributed by atoms with E-state index in [0.717, 1.165) is 6.42 Å². The second kappa shape index (κ2) is 5.98. The minimum Gasteiger partial charge on any atom is -0.337 e. The van der Waals surface area contributed by atoms with E-state index in [4.69, 9.17) is 5.73 Å². The van der Waals surface area contributed by atoms with Crippen LogP contribution in [0.2, 0.25) is 0 Å². The summed E-state index contributed by atoms with van der Waals surface area (Å²) in [4.78, 5) is 24.9. The molecular formula is C13H17ClN2O2. The van der Waals surface area contributed by atoms with E-state index in [9.17, 15) is 9.59 Å². The predicted octanol–water partition coefficient (Wildman–Crippen LogP) is 1.48. The van der Waals surface area contributed by atoms with Gasteiger partial charge in [-0.3, -0.25) is 9.59 Å². The third kappa shape index (κ3) is 3.09. The molecule has 0 spiro atoms. The molecule has 0 aromatic heterocycles. The second-order valence-electron chi connectivity index (χ2n) is 4.43. The minimum absolute atomic E-state index is 0. The van der Waals surface area contributed by atoms with Crippen molar-refractivity contribution in [2.45, 2.75) is 19.4 Å². The number of nitrogens with two attached hydrogens (primary N) is 1. The molecule has 1 aromatic rings. The smallest absolute Gasteiger partial charge is 0.253 e. The zero-order valence-electron chi connectivity index (χ0n) is 10.3. The first-order valence-corrected chi connectivity index (χ1v) is 5.74. The number of ketones is 1. The van der Waals surface area contributed by atoms with Gasteiger partial charge in [0.25, 0.3) is 5.91 Å². The number of rotatable bonds is 2. The van der Waals surface area contributed by atoms with Crippen molar-refractivity contribution in [3.63, 3.8) is 0 Å². The molecule has 1 atom stereocenters. The van der Waals surface area contributed by atoms with Gasteiger partial charge in [-0.1, -0.05) is 12.1 Å². The Morgan fingerprint density at radius 3 is 2.22 bits per heavy atom. The molecule has 4 nitrogen and oxygen atoms in total. The monoisotopic (exact) mass is 268 g/mol. The largest absolute Gasteiger partial charge is 0.337 e. The topological polar surface area (TPSA) is 63.4 Å². The molecule has 98 valence electrons. The minimum atomic E-state index is -0.00643. The summed E-state index contributed by atoms with van der Waals surface area (Å²) in [6.45, 7) is 2.85. The average Bonchev–Trinajstić information content (AvgIpc) is 2.75. The molecule has 0 aliphatic carbocycles. The highest BCUT2D eigenvalue weighted by molar-refractivity contribution is 5.97. The van der Waals surface area contributed by atoms with Gasteiger partial charge in [0.2, 0.25) is 0 Å². The number of hydrogen-bond donors (Lipinski definition) is 1. The molecule has 2 rings (SSSR count). The maximum absolute atomic E-state index is 12.1. The number of likely N-dealkylation sites (tertiary alicyclic amines) is 1. The summed E-state index contributed by atoms with van der Waals surface area (Å²) in [6.07, 6.45) is 0.858. The molecule has 18 heavy (non-hydrogen) atoms. The van der Waals surface area contributed by atoms with Crippen LogP contribution in [0.1, 0.15) is 34.1 Å². The lowest BCUT2D eigenvalue weighted by atomic mass is 10.1. The summed E-state index contributed by atoms with van der Waals surface area (Å²) >= 11 is 0. The Balaban J connectivity index is 0.00000162. The lowest BCUT2D eigenvalue weighted by Gasteiger charge is -2.15. The van der Waals surface area contributed by atoms with Crippen LogP contribution in [0.25, 0.3) is 0 Å². The molecule has 0 saturated carbocycles. The maximum Gasteiger partial charge on any atom is 0.253 e. The van der Waals surface area contributed by atoms with Crippen LogP contribution in [0.15, 0.2) is 24.3 Å². The fraction of sp³-hybridized carbons (Fsp3) is 0.385. The van der Waals surface area contributed by atoms with E-state index in [1.165, 1.54) is 6.92 Å². The number of benzene rings is 1. The number of hydrogen-bond acceptors (Lipinski definition) is 3. The zero-order chi connectivity index (χ0) is 12.4. The number of nitrogens with zero attached hydrogens (tertiary/aromatic N) is 1. The summed E-state index contributed by atoms with van der Waals surface area (Å²) in [7, 11) is 0. The van der Waals surface area contributed by atoms with Crippen LogP contribution in [0.3, 0.4) is 0 Å². The van der Waals surface area contributed by atoms with E-state index in [-0.39, 0.29) is 30.1 Å². The van der Waals surface area contributed by atoms with Gasteiger partial charge in [0, 0.05) is 30.3 Å². The van der Waals surface area contributed by atoms with Crippen molar-refractivity contribution in [3.05, 3.63) is 35.4 Å². The first-order valence-electron chi connectivity index (χ1n) is 5.74. The Labute approximate surface area is 113 Å². The van der Waals surface area contributed by atoms with E-state index >= 15 is 0 Å². The number of carbonyl (C=O) groups is 2. The van der Waals surface area contributed by atoms with Gasteiger partial charge in [0.1, 0.15) is 0 Å². The number of halogens is 1. The molecule has 1 heterocycles. The summed E-state index contributed by atoms with van der Waals surface area (Å²) in [6, 6.07) is 6.86. The van der Waals surface area contributed by atoms with E-state index in [2.05, 4.69) is 0 Å². The van der Waals surface area contributed by atoms with Crippen LogP contribution in [0.5, 0.6) is 0 Å². The average molecular weight is 269 g/mol. The Bertz CT molecular complexity index is 445. The van der Waals surface area contributed by atoms with Gasteiger partial charge in [0.05, 0.1) is 0 Å². The van der Waals surface area contributed by atoms with Crippen molar-refractivity contribution in [1.82, 2.24) is 4.90 Å². The van der Waals surface area contributed by atoms with Crippen molar-refractivity contribution in [1.29, 1.82) is 0 Å². The molecule has 2 N–H and O–H groups in total. The number of amides is 1. The van der Waals surface area contributed by atoms with Gasteiger partial charge in [-0.25, -0.2) is 0 Å². The quantitative estimate of drug-likeness (QED) is 0.827. The van der Waals surface area contributed by atoms with E-state index in [1.54, 1.807) is 29.2 Å². The molecule has 1 aliphatic heterocycles. The summed E-state index contributed by atoms with van der Waals surface area (Å²) in [5, 5.41) is 0. The van der Waals surface area contributed by atoms with Crippen LogP contribution >= 0.6 is 12.4 Å². The Morgan fingerprint density at radius 2 is 1.78 bits per heavy atom. The van der Waals surface area contributed by atoms with E-state index in [1.807, 2.05) is 0 Å². The molecule has 1 fully saturated rings. The van der Waals surface area contributed by atoms with Gasteiger partial charge in [0.15, 0.2) is 5.78 Å². The molecular weight excluding hydrogens is 252 g/mol. The molecule has 1 saturated heterocycles. The van der Waals surface area contributed by atoms with E-state index < -0.39 is 0 Å². The van der Waals surface area contributed by atoms with Crippen LogP contribution in [0, 0.1) is 0 Å². The number of Topliss-reactive ketones (excluding diaryl/α,β-unsaturated/α-hetero) is 1. The molecule has 1 amide bonds. The molecule has 5 heteroatoms. The molecule has 1 aliphatic rings. The summed E-state index contributed by atoms with van der Waals surface area (Å²) in [5.74, 6) is 0.000228. The number of carbonyl (C=O) groups excluding carboxylic acids is 2. The first kappa shape index (κ1) is 14.7. The molecule has 0 bridgehead atoms. The third-order valence-electron chi connectivity index (χ3n) is 3.05. The van der Waals surface area contributed by atoms with Gasteiger partial charge in [-0.2, -0.15) is 0 Å². The first-order chi connectivity index (χ1) is 8.08. The SMILES string of the molecule is CC(=O)c1ccc(C(=O)N2CC[C@@H](N)C2)cc1.Cl. The van der Waals surface area contributed by atoms with E-state index in [0.29, 0.717) is 24.2 Å². The summed E-state index contributed by atoms with van der Waals surface area (Å²) in [5.41, 5.74) is 7.01. The van der Waals surface area contributed by atoms with Gasteiger partial charge in [-0.15, -0.1) is 12.4 Å². The zero-order valence-corrected chi connectivity index (χ0v) is 11.1. The van der Waals surface area contributed by atoms with Gasteiger partial charge >= 0.3 is 0 Å². The highest BCUT2D eigenvalue weighted by Crippen LogP contribution is 2.13. The predicted molar refractivity (Wildman–Crippen MR) is 72.2 cm³/mol. The molecule has 0 unspecified atom stereocenters. The van der Waals surface area contributed by atoms with Crippen molar-refractivity contribution >= 4 is 24.1 Å². The van der Waals surface area contributed by atoms with Crippen LogP contribution in [0.4, 0.5) is 0 Å². The Kier molecular flexibility index (Phi) is 4.87. The fourth-order valence-corrected chi connectivity index (χ4v) is 2.00. The fourth-order valence-electron chi connectivity index (χ4n) is 2.00. The van der Waals surface area contributed by atoms with Crippen molar-refractivity contribution < 1.29 is 9.59 Å². The van der Waals surface area contributed by atoms with Crippen LogP contribution in [-0.2, 0) is 0 Å². The Morgan fingerprint density at radius 1 is 1.22 bits per heavy atom. The maximum atomic E-state index is 12.1. The lowest BCUT2D eigenvalue weighted by molar-refractivity contribution is 0.0790. The highest BCUT2D eigenvalue weighted by Gasteiger charge is 2.24. The van der Waals surface area contributed by atoms with Crippen molar-refractivity contribution in [2.24, 2.45) is 5.73 Å². The van der Waals surface area contributed by atoms with Crippen molar-refractivity contribution in [3.8, 4) is 0 Å². The van der Waals surface area contributed by atoms with Gasteiger partial charge in [-0.05, 0) is 25.5 Å². The highest BCUT2D eigenvalue weighted by atomic mass is 35.5. The van der Waals surface area contributed by atoms with Crippen LogP contribution in [-0.4, -0.2) is 35.7 Å². The standard InChI is InChI=1S/C13H16N2O2.ClH/c1-9(16)10-2-4-11(5-3-10)13(17)15-7-6-12(14)8-15;/h2-5,12H,6-8,14H2,1H3;1H/t12-;/m1./s1. The molecule has 0 radical (unpaired) electrons. The van der Waals surface area contributed by atoms with Gasteiger partial charge < -0.3 is 10.6 Å². The third-order valence-corrected chi connectivity index (χ3v) is 3.05. The summed E-state index contributed by atoms with van der Waals surface area (Å²) < 4.78 is 0. The molecule has 1 aromatic carbocycles. The van der Waals surface area contributed by atoms with Crippen LogP contribution < -0.4 is 5.73 Å². The lowest BCUT2D eigenvalue weighted by Crippen LogP contribution is -2.31. The Hall–Kier alpha value is -1.39. The van der Waals surface area contributed by atoms with Crippen molar-refractivity contribution in [2.75, 3.05) is 13.1 Å². The second-order valence-corrected chi connectivity index (χ2v) is 4.43. The normalized spacial score (nSPS) is 18.3.